The Labute approximate surface area is 151 Å². The molecular formula is C18H19ClN2O4. The Hall–Kier alpha value is -2.73. The summed E-state index contributed by atoms with van der Waals surface area (Å²) in [5, 5.41) is 5.83. The van der Waals surface area contributed by atoms with Gasteiger partial charge in [-0.3, -0.25) is 9.59 Å². The number of hydrogen-bond acceptors (Lipinski definition) is 4. The molecule has 0 heterocycles. The van der Waals surface area contributed by atoms with Gasteiger partial charge in [-0.2, -0.15) is 0 Å². The summed E-state index contributed by atoms with van der Waals surface area (Å²) in [5.74, 6) is 0.161. The molecule has 0 atom stereocenters. The number of rotatable bonds is 6. The van der Waals surface area contributed by atoms with Crippen LogP contribution in [0.25, 0.3) is 0 Å². The summed E-state index contributed by atoms with van der Waals surface area (Å²) in [4.78, 5) is 24.0. The number of anilines is 2. The minimum Gasteiger partial charge on any atom is -0.493 e. The van der Waals surface area contributed by atoms with Gasteiger partial charge in [-0.1, -0.05) is 17.7 Å². The molecule has 2 aromatic carbocycles. The van der Waals surface area contributed by atoms with Crippen LogP contribution < -0.4 is 20.1 Å². The van der Waals surface area contributed by atoms with Gasteiger partial charge in [-0.05, 0) is 36.8 Å². The first-order valence-electron chi connectivity index (χ1n) is 7.51. The number of amides is 2. The molecule has 6 nitrogen and oxygen atoms in total. The number of halogens is 1. The second-order valence-corrected chi connectivity index (χ2v) is 5.71. The topological polar surface area (TPSA) is 76.7 Å². The number of ether oxygens (including phenoxy) is 2. The Morgan fingerprint density at radius 3 is 2.04 bits per heavy atom. The molecule has 25 heavy (non-hydrogen) atoms. The fourth-order valence-corrected chi connectivity index (χ4v) is 2.32. The highest BCUT2D eigenvalue weighted by Crippen LogP contribution is 2.29. The summed E-state index contributed by atoms with van der Waals surface area (Å²) in [6.45, 7) is 1.87. The van der Waals surface area contributed by atoms with Crippen LogP contribution in [-0.4, -0.2) is 26.0 Å². The molecule has 0 aromatic heterocycles. The highest BCUT2D eigenvalue weighted by Gasteiger charge is 2.12. The van der Waals surface area contributed by atoms with Crippen molar-refractivity contribution in [3.05, 3.63) is 47.0 Å². The van der Waals surface area contributed by atoms with Crippen LogP contribution in [0.4, 0.5) is 11.4 Å². The largest absolute Gasteiger partial charge is 0.493 e. The molecule has 0 spiro atoms. The summed E-state index contributed by atoms with van der Waals surface area (Å²) in [5.41, 5.74) is 1.96. The van der Waals surface area contributed by atoms with Crippen LogP contribution in [0.5, 0.6) is 11.5 Å². The summed E-state index contributed by atoms with van der Waals surface area (Å²) in [7, 11) is 3.03. The molecule has 2 N–H and O–H groups in total. The Morgan fingerprint density at radius 2 is 1.48 bits per heavy atom. The number of benzene rings is 2. The molecule has 0 aliphatic heterocycles. The lowest BCUT2D eigenvalue weighted by molar-refractivity contribution is -0.123. The second kappa shape index (κ2) is 8.39. The van der Waals surface area contributed by atoms with Crippen LogP contribution in [-0.2, 0) is 9.59 Å². The van der Waals surface area contributed by atoms with E-state index in [0.29, 0.717) is 27.9 Å². The Bertz CT molecular complexity index is 793. The van der Waals surface area contributed by atoms with E-state index in [2.05, 4.69) is 10.6 Å². The average molecular weight is 363 g/mol. The Morgan fingerprint density at radius 1 is 0.920 bits per heavy atom. The lowest BCUT2D eigenvalue weighted by Gasteiger charge is -2.11. The minimum absolute atomic E-state index is 0.320. The molecule has 0 fully saturated rings. The van der Waals surface area contributed by atoms with Crippen molar-refractivity contribution in [1.29, 1.82) is 0 Å². The molecule has 132 valence electrons. The third kappa shape index (κ3) is 5.12. The van der Waals surface area contributed by atoms with Crippen molar-refractivity contribution in [2.24, 2.45) is 0 Å². The summed E-state index contributed by atoms with van der Waals surface area (Å²) in [6, 6.07) is 10.1. The van der Waals surface area contributed by atoms with Crippen molar-refractivity contribution >= 4 is 34.8 Å². The Kier molecular flexibility index (Phi) is 6.25. The first-order chi connectivity index (χ1) is 11.9. The van der Waals surface area contributed by atoms with Crippen LogP contribution in [0, 0.1) is 6.92 Å². The molecule has 0 radical (unpaired) electrons. The van der Waals surface area contributed by atoms with E-state index >= 15 is 0 Å². The van der Waals surface area contributed by atoms with E-state index in [4.69, 9.17) is 21.1 Å². The summed E-state index contributed by atoms with van der Waals surface area (Å²) < 4.78 is 10.3. The summed E-state index contributed by atoms with van der Waals surface area (Å²) in [6.07, 6.45) is -0.320. The van der Waals surface area contributed by atoms with Crippen molar-refractivity contribution < 1.29 is 19.1 Å². The van der Waals surface area contributed by atoms with Crippen molar-refractivity contribution in [3.8, 4) is 11.5 Å². The quantitative estimate of drug-likeness (QED) is 0.769. The number of hydrogen-bond donors (Lipinski definition) is 2. The van der Waals surface area contributed by atoms with Gasteiger partial charge in [-0.25, -0.2) is 0 Å². The predicted molar refractivity (Wildman–Crippen MR) is 97.6 cm³/mol. The summed E-state index contributed by atoms with van der Waals surface area (Å²) >= 11 is 6.01. The molecule has 0 bridgehead atoms. The third-order valence-corrected chi connectivity index (χ3v) is 3.85. The number of nitrogens with one attached hydrogen (secondary N) is 2. The SMILES string of the molecule is COc1ccc(NC(=O)CC(=O)Nc2ccc(C)c(Cl)c2)cc1OC. The average Bonchev–Trinajstić information content (AvgIpc) is 2.57. The molecule has 2 amide bonds. The fourth-order valence-electron chi connectivity index (χ4n) is 2.14. The highest BCUT2D eigenvalue weighted by atomic mass is 35.5. The smallest absolute Gasteiger partial charge is 0.233 e. The maximum Gasteiger partial charge on any atom is 0.233 e. The van der Waals surface area contributed by atoms with Gasteiger partial charge in [0.15, 0.2) is 11.5 Å². The predicted octanol–water partition coefficient (Wildman–Crippen LogP) is 3.63. The van der Waals surface area contributed by atoms with Gasteiger partial charge in [0.05, 0.1) is 14.2 Å². The van der Waals surface area contributed by atoms with Gasteiger partial charge < -0.3 is 20.1 Å². The molecular weight excluding hydrogens is 344 g/mol. The van der Waals surface area contributed by atoms with Crippen molar-refractivity contribution in [1.82, 2.24) is 0 Å². The van der Waals surface area contributed by atoms with Gasteiger partial charge in [0.25, 0.3) is 0 Å². The van der Waals surface area contributed by atoms with Gasteiger partial charge in [0.1, 0.15) is 6.42 Å². The minimum atomic E-state index is -0.442. The van der Waals surface area contributed by atoms with Crippen LogP contribution in [0.15, 0.2) is 36.4 Å². The van der Waals surface area contributed by atoms with Crippen LogP contribution >= 0.6 is 11.6 Å². The van der Waals surface area contributed by atoms with E-state index in [1.165, 1.54) is 14.2 Å². The lowest BCUT2D eigenvalue weighted by Crippen LogP contribution is -2.21. The third-order valence-electron chi connectivity index (χ3n) is 3.44. The van der Waals surface area contributed by atoms with E-state index in [0.717, 1.165) is 5.56 Å². The molecule has 2 aromatic rings. The van der Waals surface area contributed by atoms with Gasteiger partial charge in [-0.15, -0.1) is 0 Å². The van der Waals surface area contributed by atoms with Crippen molar-refractivity contribution in [3.63, 3.8) is 0 Å². The zero-order valence-electron chi connectivity index (χ0n) is 14.2. The van der Waals surface area contributed by atoms with Gasteiger partial charge in [0, 0.05) is 22.5 Å². The van der Waals surface area contributed by atoms with E-state index < -0.39 is 11.8 Å². The number of aryl methyl sites for hydroxylation is 1. The molecule has 2 rings (SSSR count). The number of carbonyl (C=O) groups is 2. The molecule has 0 saturated heterocycles. The van der Waals surface area contributed by atoms with Crippen LogP contribution in [0.3, 0.4) is 0 Å². The highest BCUT2D eigenvalue weighted by molar-refractivity contribution is 6.31. The monoisotopic (exact) mass is 362 g/mol. The van der Waals surface area contributed by atoms with Gasteiger partial charge in [0.2, 0.25) is 11.8 Å². The normalized spacial score (nSPS) is 10.1. The molecule has 0 aliphatic rings. The van der Waals surface area contributed by atoms with Crippen molar-refractivity contribution in [2.75, 3.05) is 24.9 Å². The number of carbonyl (C=O) groups excluding carboxylic acids is 2. The standard InChI is InChI=1S/C18H19ClN2O4/c1-11-4-5-12(8-14(11)19)20-17(22)10-18(23)21-13-6-7-15(24-2)16(9-13)25-3/h4-9H,10H2,1-3H3,(H,20,22)(H,21,23). The van der Waals surface area contributed by atoms with Crippen LogP contribution in [0.1, 0.15) is 12.0 Å². The van der Waals surface area contributed by atoms with E-state index in [-0.39, 0.29) is 6.42 Å². The molecule has 0 unspecified atom stereocenters. The second-order valence-electron chi connectivity index (χ2n) is 5.31. The number of methoxy groups -OCH3 is 2. The van der Waals surface area contributed by atoms with Crippen molar-refractivity contribution in [2.45, 2.75) is 13.3 Å². The van der Waals surface area contributed by atoms with Crippen LogP contribution in [0.2, 0.25) is 5.02 Å². The molecule has 0 aliphatic carbocycles. The van der Waals surface area contributed by atoms with E-state index in [9.17, 15) is 9.59 Å². The maximum atomic E-state index is 12.0. The zero-order chi connectivity index (χ0) is 18.4. The first-order valence-corrected chi connectivity index (χ1v) is 7.88. The maximum absolute atomic E-state index is 12.0. The fraction of sp³-hybridized carbons (Fsp3) is 0.222. The van der Waals surface area contributed by atoms with E-state index in [1.54, 1.807) is 36.4 Å². The zero-order valence-corrected chi connectivity index (χ0v) is 14.9. The molecule has 7 heteroatoms. The first kappa shape index (κ1) is 18.6. The lowest BCUT2D eigenvalue weighted by atomic mass is 10.2. The van der Waals surface area contributed by atoms with Gasteiger partial charge >= 0.3 is 0 Å². The molecule has 0 saturated carbocycles. The Balaban J connectivity index is 1.95. The van der Waals surface area contributed by atoms with E-state index in [1.807, 2.05) is 6.92 Å².